The predicted molar refractivity (Wildman–Crippen MR) is 204 cm³/mol. The predicted octanol–water partition coefficient (Wildman–Crippen LogP) is 9.96. The second-order valence-corrected chi connectivity index (χ2v) is 15.7. The lowest BCUT2D eigenvalue weighted by atomic mass is 9.71. The van der Waals surface area contributed by atoms with Crippen LogP contribution in [-0.2, 0) is 25.5 Å². The number of amides is 1. The molecule has 0 aromatic heterocycles. The zero-order valence-corrected chi connectivity index (χ0v) is 30.7. The molecule has 258 valence electrons. The van der Waals surface area contributed by atoms with Gasteiger partial charge in [-0.15, -0.1) is 11.8 Å². The second kappa shape index (κ2) is 16.8. The van der Waals surface area contributed by atoms with Gasteiger partial charge < -0.3 is 10.1 Å². The van der Waals surface area contributed by atoms with Crippen LogP contribution in [-0.4, -0.2) is 30.7 Å². The summed E-state index contributed by atoms with van der Waals surface area (Å²) in [6.45, 7) is 8.30. The minimum absolute atomic E-state index is 0.0216. The highest BCUT2D eigenvalue weighted by molar-refractivity contribution is 8.00. The summed E-state index contributed by atoms with van der Waals surface area (Å²) in [6.07, 6.45) is 4.60. The molecule has 5 rings (SSSR count). The first-order valence-electron chi connectivity index (χ1n) is 17.9. The van der Waals surface area contributed by atoms with Crippen LogP contribution in [0.3, 0.4) is 0 Å². The average molecular weight is 676 g/mol. The smallest absolute Gasteiger partial charge is 0.224 e. The molecule has 49 heavy (non-hydrogen) atoms. The zero-order chi connectivity index (χ0) is 34.9. The van der Waals surface area contributed by atoms with Crippen LogP contribution in [0.2, 0.25) is 0 Å². The Morgan fingerprint density at radius 1 is 0.816 bits per heavy atom. The van der Waals surface area contributed by atoms with Crippen LogP contribution in [0.1, 0.15) is 93.7 Å². The van der Waals surface area contributed by atoms with Crippen molar-refractivity contribution in [2.75, 3.05) is 12.9 Å². The van der Waals surface area contributed by atoms with E-state index in [9.17, 15) is 9.59 Å². The lowest BCUT2D eigenvalue weighted by Crippen LogP contribution is -2.44. The van der Waals surface area contributed by atoms with Crippen LogP contribution in [0, 0.1) is 17.3 Å². The maximum atomic E-state index is 14.2. The molecule has 0 saturated heterocycles. The number of ketones is 1. The van der Waals surface area contributed by atoms with Crippen LogP contribution in [0.25, 0.3) is 0 Å². The number of nitrogens with one attached hydrogen (secondary N) is 1. The first kappa shape index (κ1) is 36.6. The molecule has 0 saturated carbocycles. The highest BCUT2D eigenvalue weighted by Crippen LogP contribution is 2.49. The second-order valence-electron chi connectivity index (χ2n) is 14.4. The summed E-state index contributed by atoms with van der Waals surface area (Å²) < 4.78 is 5.21. The summed E-state index contributed by atoms with van der Waals surface area (Å²) >= 11 is 1.88. The van der Waals surface area contributed by atoms with Crippen molar-refractivity contribution in [3.05, 3.63) is 143 Å². The van der Waals surface area contributed by atoms with Crippen molar-refractivity contribution in [3.63, 3.8) is 0 Å². The molecule has 0 aliphatic heterocycles. The van der Waals surface area contributed by atoms with E-state index in [2.05, 4.69) is 134 Å². The molecule has 0 bridgehead atoms. The molecule has 1 aliphatic rings. The molecule has 4 nitrogen and oxygen atoms in total. The Labute approximate surface area is 298 Å². The van der Waals surface area contributed by atoms with Crippen LogP contribution in [0.4, 0.5) is 0 Å². The quantitative estimate of drug-likeness (QED) is 0.120. The molecule has 4 atom stereocenters. The molecular formula is C44H53NO3S. The van der Waals surface area contributed by atoms with Crippen molar-refractivity contribution >= 4 is 23.5 Å². The summed E-state index contributed by atoms with van der Waals surface area (Å²) in [5.74, 6) is 0.257. The van der Waals surface area contributed by atoms with Crippen LogP contribution < -0.4 is 5.32 Å². The number of fused-ring (bicyclic) bond motifs is 1. The van der Waals surface area contributed by atoms with Gasteiger partial charge in [-0.2, -0.15) is 0 Å². The topological polar surface area (TPSA) is 55.4 Å². The van der Waals surface area contributed by atoms with E-state index in [4.69, 9.17) is 4.74 Å². The molecule has 1 N–H and O–H groups in total. The van der Waals surface area contributed by atoms with Crippen molar-refractivity contribution < 1.29 is 14.3 Å². The third-order valence-corrected chi connectivity index (χ3v) is 12.1. The van der Waals surface area contributed by atoms with Crippen LogP contribution in [0.5, 0.6) is 0 Å². The average Bonchev–Trinajstić information content (AvgIpc) is 3.13. The number of aryl methyl sites for hydroxylation is 1. The monoisotopic (exact) mass is 675 g/mol. The zero-order valence-electron chi connectivity index (χ0n) is 29.9. The van der Waals surface area contributed by atoms with E-state index >= 15 is 0 Å². The summed E-state index contributed by atoms with van der Waals surface area (Å²) in [4.78, 5) is 28.3. The number of hydrogen-bond acceptors (Lipinski definition) is 4. The number of thioether (sulfide) groups is 1. The van der Waals surface area contributed by atoms with Gasteiger partial charge in [0.15, 0.2) is 0 Å². The van der Waals surface area contributed by atoms with Crippen molar-refractivity contribution in [2.24, 2.45) is 17.3 Å². The number of ether oxygens (including phenoxy) is 1. The maximum absolute atomic E-state index is 14.2. The number of hydrogen-bond donors (Lipinski definition) is 1. The first-order valence-corrected chi connectivity index (χ1v) is 18.9. The van der Waals surface area contributed by atoms with E-state index in [0.717, 1.165) is 31.4 Å². The van der Waals surface area contributed by atoms with Crippen LogP contribution >= 0.6 is 11.8 Å². The Hall–Kier alpha value is -3.67. The molecule has 4 aromatic carbocycles. The van der Waals surface area contributed by atoms with E-state index in [0.29, 0.717) is 6.42 Å². The molecule has 2 unspecified atom stereocenters. The Morgan fingerprint density at radius 3 is 1.90 bits per heavy atom. The van der Waals surface area contributed by atoms with Gasteiger partial charge in [0.2, 0.25) is 5.91 Å². The third-order valence-electron chi connectivity index (χ3n) is 10.5. The van der Waals surface area contributed by atoms with E-state index in [1.807, 2.05) is 25.6 Å². The number of methoxy groups -OCH3 is 1. The standard InChI is InChI=1S/C44H53NO3S/c1-32(28-29-49-44(35-20-9-6-10-21-35,36-22-11-7-12-23-36)37-24-13-8-14-25-37)41(46)30-39(43(3,4)31-33(2)48-5)42(47)45-40-27-17-19-34-18-15-16-26-38(34)40/h6-16,18,20-26,32-33,39-40H,17,19,27-31H2,1-5H3,(H,45,47)/t32-,33?,39?,40+/m0/s1. The van der Waals surface area contributed by atoms with Gasteiger partial charge in [-0.25, -0.2) is 0 Å². The van der Waals surface area contributed by atoms with E-state index in [1.54, 1.807) is 7.11 Å². The maximum Gasteiger partial charge on any atom is 0.224 e. The van der Waals surface area contributed by atoms with Gasteiger partial charge in [0.05, 0.1) is 22.8 Å². The van der Waals surface area contributed by atoms with Crippen LogP contribution in [0.15, 0.2) is 115 Å². The van der Waals surface area contributed by atoms with Gasteiger partial charge in [0.1, 0.15) is 5.78 Å². The molecule has 5 heteroatoms. The molecule has 4 aromatic rings. The minimum Gasteiger partial charge on any atom is -0.382 e. The van der Waals surface area contributed by atoms with Crippen molar-refractivity contribution in [1.82, 2.24) is 5.32 Å². The lowest BCUT2D eigenvalue weighted by molar-refractivity contribution is -0.136. The Morgan fingerprint density at radius 2 is 1.35 bits per heavy atom. The van der Waals surface area contributed by atoms with Gasteiger partial charge in [-0.05, 0) is 78.0 Å². The summed E-state index contributed by atoms with van der Waals surface area (Å²) in [5.41, 5.74) is 5.73. The Bertz CT molecular complexity index is 1540. The van der Waals surface area contributed by atoms with Crippen molar-refractivity contribution in [1.29, 1.82) is 0 Å². The number of carbonyl (C=O) groups is 2. The Kier molecular flexibility index (Phi) is 12.6. The van der Waals surface area contributed by atoms with Crippen molar-refractivity contribution in [3.8, 4) is 0 Å². The first-order chi connectivity index (χ1) is 23.7. The number of rotatable bonds is 16. The van der Waals surface area contributed by atoms with E-state index < -0.39 is 16.1 Å². The molecule has 0 heterocycles. The van der Waals surface area contributed by atoms with E-state index in [1.165, 1.54) is 27.8 Å². The molecule has 0 spiro atoms. The highest BCUT2D eigenvalue weighted by Gasteiger charge is 2.40. The SMILES string of the molecule is COC(C)CC(C)(C)C(CC(=O)[C@@H](C)CCSC(c1ccccc1)(c1ccccc1)c1ccccc1)C(=O)N[C@@H]1CCCc2ccccc21. The minimum atomic E-state index is -0.459. The summed E-state index contributed by atoms with van der Waals surface area (Å²) in [7, 11) is 1.71. The summed E-state index contributed by atoms with van der Waals surface area (Å²) in [6, 6.07) is 40.4. The molecule has 1 aliphatic carbocycles. The fraction of sp³-hybridized carbons (Fsp3) is 0.409. The van der Waals surface area contributed by atoms with Gasteiger partial charge >= 0.3 is 0 Å². The lowest BCUT2D eigenvalue weighted by Gasteiger charge is -2.37. The molecular weight excluding hydrogens is 623 g/mol. The third kappa shape index (κ3) is 8.74. The van der Waals surface area contributed by atoms with Gasteiger partial charge in [0.25, 0.3) is 0 Å². The molecule has 0 fully saturated rings. The molecule has 0 radical (unpaired) electrons. The van der Waals surface area contributed by atoms with Gasteiger partial charge in [-0.1, -0.05) is 136 Å². The number of carbonyl (C=O) groups excluding carboxylic acids is 2. The highest BCUT2D eigenvalue weighted by atomic mass is 32.2. The normalized spacial score (nSPS) is 16.6. The Balaban J connectivity index is 1.35. The van der Waals surface area contributed by atoms with Gasteiger partial charge in [-0.3, -0.25) is 9.59 Å². The molecule has 1 amide bonds. The summed E-state index contributed by atoms with van der Waals surface area (Å²) in [5, 5.41) is 3.40. The van der Waals surface area contributed by atoms with Gasteiger partial charge in [0, 0.05) is 19.4 Å². The fourth-order valence-corrected chi connectivity index (χ4v) is 9.27. The van der Waals surface area contributed by atoms with E-state index in [-0.39, 0.29) is 36.2 Å². The number of benzene rings is 4. The number of Topliss-reactive ketones (excluding diaryl/α,β-unsaturated/α-hetero) is 1. The largest absolute Gasteiger partial charge is 0.382 e. The fourth-order valence-electron chi connectivity index (χ4n) is 7.59. The van der Waals surface area contributed by atoms with Crippen molar-refractivity contribution in [2.45, 2.75) is 83.1 Å².